The molecule has 1 N–H and O–H groups in total. The average molecular weight is 297 g/mol. The minimum atomic E-state index is -0.148. The first kappa shape index (κ1) is 12.6. The van der Waals surface area contributed by atoms with E-state index in [1.807, 2.05) is 12.3 Å². The Hall–Kier alpha value is -1.40. The van der Waals surface area contributed by atoms with E-state index in [-0.39, 0.29) is 11.9 Å². The minimum Gasteiger partial charge on any atom is -0.342 e. The lowest BCUT2D eigenvalue weighted by molar-refractivity contribution is 0.0928. The third-order valence-corrected chi connectivity index (χ3v) is 4.49. The first-order valence-corrected chi connectivity index (χ1v) is 7.36. The number of carbonyl (C=O) groups excluding carboxylic acids is 1. The van der Waals surface area contributed by atoms with E-state index in [2.05, 4.69) is 20.1 Å². The van der Waals surface area contributed by atoms with Gasteiger partial charge in [-0.1, -0.05) is 11.6 Å². The van der Waals surface area contributed by atoms with Crippen LogP contribution in [0.5, 0.6) is 0 Å². The van der Waals surface area contributed by atoms with Crippen LogP contribution in [0.15, 0.2) is 11.4 Å². The van der Waals surface area contributed by atoms with Crippen LogP contribution in [0.1, 0.15) is 40.9 Å². The molecule has 7 heteroatoms. The average Bonchev–Trinajstić information content (AvgIpc) is 2.97. The van der Waals surface area contributed by atoms with E-state index in [0.717, 1.165) is 31.0 Å². The topological polar surface area (TPSA) is 59.8 Å². The van der Waals surface area contributed by atoms with E-state index in [1.54, 1.807) is 6.07 Å². The zero-order valence-electron chi connectivity index (χ0n) is 10.4. The van der Waals surface area contributed by atoms with E-state index < -0.39 is 0 Å². The summed E-state index contributed by atoms with van der Waals surface area (Å²) in [6.07, 6.45) is 1.89. The molecular weight excluding hydrogens is 284 g/mol. The monoisotopic (exact) mass is 296 g/mol. The van der Waals surface area contributed by atoms with Crippen LogP contribution in [-0.2, 0) is 6.54 Å². The summed E-state index contributed by atoms with van der Waals surface area (Å²) in [6, 6.07) is 1.65. The second-order valence-electron chi connectivity index (χ2n) is 4.53. The highest BCUT2D eigenvalue weighted by Gasteiger charge is 2.26. The van der Waals surface area contributed by atoms with Crippen molar-refractivity contribution in [3.63, 3.8) is 0 Å². The van der Waals surface area contributed by atoms with E-state index >= 15 is 0 Å². The summed E-state index contributed by atoms with van der Waals surface area (Å²) in [4.78, 5) is 12.2. The molecule has 2 aromatic rings. The molecule has 0 aromatic carbocycles. The third kappa shape index (κ3) is 2.26. The molecule has 1 aliphatic heterocycles. The lowest BCUT2D eigenvalue weighted by atomic mass is 10.1. The summed E-state index contributed by atoms with van der Waals surface area (Å²) >= 11 is 7.34. The van der Waals surface area contributed by atoms with Gasteiger partial charge in [0.2, 0.25) is 0 Å². The minimum absolute atomic E-state index is 0.0848. The number of halogens is 1. The van der Waals surface area contributed by atoms with Crippen molar-refractivity contribution in [2.45, 2.75) is 32.4 Å². The second kappa shape index (κ2) is 4.94. The fourth-order valence-corrected chi connectivity index (χ4v) is 3.26. The standard InChI is InChI=1S/C12H13ClN4OS/c1-7-15-16-11-9(3-2-5-17(7)11)14-12(18)8-4-6-19-10(8)13/h4,6,9H,2-3,5H2,1H3,(H,14,18). The van der Waals surface area contributed by atoms with E-state index in [4.69, 9.17) is 11.6 Å². The predicted molar refractivity (Wildman–Crippen MR) is 73.5 cm³/mol. The maximum absolute atomic E-state index is 12.2. The number of aryl methyl sites for hydroxylation is 1. The highest BCUT2D eigenvalue weighted by Crippen LogP contribution is 2.27. The Kier molecular flexibility index (Phi) is 3.28. The predicted octanol–water partition coefficient (Wildman–Crippen LogP) is 2.57. The summed E-state index contributed by atoms with van der Waals surface area (Å²) < 4.78 is 2.58. The Balaban J connectivity index is 1.82. The number of rotatable bonds is 2. The fraction of sp³-hybridized carbons (Fsp3) is 0.417. The van der Waals surface area contributed by atoms with Gasteiger partial charge in [0, 0.05) is 6.54 Å². The molecule has 1 aliphatic rings. The van der Waals surface area contributed by atoms with Gasteiger partial charge in [-0.25, -0.2) is 0 Å². The van der Waals surface area contributed by atoms with Gasteiger partial charge in [-0.3, -0.25) is 4.79 Å². The molecule has 1 atom stereocenters. The molecule has 3 rings (SSSR count). The van der Waals surface area contributed by atoms with Crippen LogP contribution < -0.4 is 5.32 Å². The number of nitrogens with one attached hydrogen (secondary N) is 1. The molecule has 100 valence electrons. The van der Waals surface area contributed by atoms with Gasteiger partial charge in [-0.15, -0.1) is 21.5 Å². The van der Waals surface area contributed by atoms with Crippen molar-refractivity contribution in [1.82, 2.24) is 20.1 Å². The van der Waals surface area contributed by atoms with Gasteiger partial charge in [0.15, 0.2) is 5.82 Å². The molecule has 5 nitrogen and oxygen atoms in total. The smallest absolute Gasteiger partial charge is 0.254 e. The lowest BCUT2D eigenvalue weighted by Crippen LogP contribution is -2.33. The summed E-state index contributed by atoms with van der Waals surface area (Å²) in [5.74, 6) is 1.58. The largest absolute Gasteiger partial charge is 0.342 e. The number of nitrogens with zero attached hydrogens (tertiary/aromatic N) is 3. The van der Waals surface area contributed by atoms with E-state index in [1.165, 1.54) is 11.3 Å². The molecule has 0 radical (unpaired) electrons. The Morgan fingerprint density at radius 3 is 3.16 bits per heavy atom. The Morgan fingerprint density at radius 1 is 1.58 bits per heavy atom. The van der Waals surface area contributed by atoms with Crippen LogP contribution in [0, 0.1) is 6.92 Å². The first-order valence-electron chi connectivity index (χ1n) is 6.10. The molecular formula is C12H13ClN4OS. The van der Waals surface area contributed by atoms with E-state index in [9.17, 15) is 4.79 Å². The molecule has 1 unspecified atom stereocenters. The SMILES string of the molecule is Cc1nnc2n1CCCC2NC(=O)c1ccsc1Cl. The summed E-state index contributed by atoms with van der Waals surface area (Å²) in [5.41, 5.74) is 0.528. The van der Waals surface area contributed by atoms with Gasteiger partial charge in [0.25, 0.3) is 5.91 Å². The summed E-state index contributed by atoms with van der Waals surface area (Å²) in [7, 11) is 0. The van der Waals surface area contributed by atoms with Crippen LogP contribution in [0.3, 0.4) is 0 Å². The second-order valence-corrected chi connectivity index (χ2v) is 6.05. The molecule has 0 aliphatic carbocycles. The van der Waals surface area contributed by atoms with Crippen molar-refractivity contribution >= 4 is 28.8 Å². The molecule has 0 spiro atoms. The van der Waals surface area contributed by atoms with Crippen molar-refractivity contribution < 1.29 is 4.79 Å². The number of thiophene rings is 1. The molecule has 0 fully saturated rings. The van der Waals surface area contributed by atoms with Crippen LogP contribution >= 0.6 is 22.9 Å². The summed E-state index contributed by atoms with van der Waals surface area (Å²) in [6.45, 7) is 2.84. The highest BCUT2D eigenvalue weighted by atomic mass is 35.5. The van der Waals surface area contributed by atoms with E-state index in [0.29, 0.717) is 9.90 Å². The first-order chi connectivity index (χ1) is 9.16. The van der Waals surface area contributed by atoms with Crippen molar-refractivity contribution in [1.29, 1.82) is 0 Å². The number of fused-ring (bicyclic) bond motifs is 1. The maximum atomic E-state index is 12.2. The van der Waals surface area contributed by atoms with Gasteiger partial charge in [0.1, 0.15) is 10.2 Å². The maximum Gasteiger partial charge on any atom is 0.254 e. The van der Waals surface area contributed by atoms with Gasteiger partial charge >= 0.3 is 0 Å². The van der Waals surface area contributed by atoms with Crippen LogP contribution in [-0.4, -0.2) is 20.7 Å². The summed E-state index contributed by atoms with van der Waals surface area (Å²) in [5, 5.41) is 13.0. The Labute approximate surface area is 119 Å². The van der Waals surface area contributed by atoms with Crippen LogP contribution in [0.4, 0.5) is 0 Å². The molecule has 1 amide bonds. The molecule has 3 heterocycles. The number of carbonyl (C=O) groups is 1. The Bertz CT molecular complexity index is 621. The van der Waals surface area contributed by atoms with Gasteiger partial charge in [0.05, 0.1) is 11.6 Å². The normalized spacial score (nSPS) is 18.1. The van der Waals surface area contributed by atoms with Crippen LogP contribution in [0.2, 0.25) is 4.34 Å². The number of amides is 1. The van der Waals surface area contributed by atoms with Gasteiger partial charge in [-0.2, -0.15) is 0 Å². The van der Waals surface area contributed by atoms with Gasteiger partial charge < -0.3 is 9.88 Å². The Morgan fingerprint density at radius 2 is 2.42 bits per heavy atom. The zero-order chi connectivity index (χ0) is 13.4. The highest BCUT2D eigenvalue weighted by molar-refractivity contribution is 7.14. The number of hydrogen-bond donors (Lipinski definition) is 1. The van der Waals surface area contributed by atoms with Crippen molar-refractivity contribution in [3.8, 4) is 0 Å². The van der Waals surface area contributed by atoms with Crippen LogP contribution in [0.25, 0.3) is 0 Å². The molecule has 0 bridgehead atoms. The zero-order valence-corrected chi connectivity index (χ0v) is 12.0. The quantitative estimate of drug-likeness (QED) is 0.926. The molecule has 2 aromatic heterocycles. The number of hydrogen-bond acceptors (Lipinski definition) is 4. The lowest BCUT2D eigenvalue weighted by Gasteiger charge is -2.24. The van der Waals surface area contributed by atoms with Crippen molar-refractivity contribution in [2.75, 3.05) is 0 Å². The van der Waals surface area contributed by atoms with Crippen molar-refractivity contribution in [2.24, 2.45) is 0 Å². The number of aromatic nitrogens is 3. The van der Waals surface area contributed by atoms with Crippen molar-refractivity contribution in [3.05, 3.63) is 33.0 Å². The van der Waals surface area contributed by atoms with Gasteiger partial charge in [-0.05, 0) is 31.2 Å². The molecule has 0 saturated carbocycles. The third-order valence-electron chi connectivity index (χ3n) is 3.32. The molecule has 0 saturated heterocycles. The molecule has 19 heavy (non-hydrogen) atoms. The fourth-order valence-electron chi connectivity index (χ4n) is 2.34.